The summed E-state index contributed by atoms with van der Waals surface area (Å²) in [6.07, 6.45) is 8.33. The maximum absolute atomic E-state index is 14.9. The van der Waals surface area contributed by atoms with Crippen molar-refractivity contribution < 1.29 is 17.6 Å². The van der Waals surface area contributed by atoms with Crippen LogP contribution in [0.15, 0.2) is 46.7 Å². The van der Waals surface area contributed by atoms with E-state index in [1.807, 2.05) is 32.8 Å². The summed E-state index contributed by atoms with van der Waals surface area (Å²) in [5, 5.41) is 4.00. The normalized spacial score (nSPS) is 14.5. The molecular formula is C26H34FN5O3S. The van der Waals surface area contributed by atoms with Crippen LogP contribution in [0, 0.1) is 5.82 Å². The summed E-state index contributed by atoms with van der Waals surface area (Å²) in [7, 11) is -0.348. The van der Waals surface area contributed by atoms with E-state index >= 15 is 0 Å². The molecule has 1 aromatic carbocycles. The Kier molecular flexibility index (Phi) is 8.30. The fraction of sp³-hybridized carbons (Fsp3) is 0.423. The van der Waals surface area contributed by atoms with Gasteiger partial charge in [-0.3, -0.25) is 14.5 Å². The van der Waals surface area contributed by atoms with Gasteiger partial charge in [0.05, 0.1) is 12.0 Å². The second-order valence-electron chi connectivity index (χ2n) is 9.79. The molecule has 2 aromatic rings. The largest absolute Gasteiger partial charge is 0.307 e. The Morgan fingerprint density at radius 3 is 2.67 bits per heavy atom. The molecule has 0 bridgehead atoms. The van der Waals surface area contributed by atoms with Crippen molar-refractivity contribution in [3.05, 3.63) is 64.8 Å². The number of hydrogen-bond donors (Lipinski definition) is 1. The predicted molar refractivity (Wildman–Crippen MR) is 140 cm³/mol. The van der Waals surface area contributed by atoms with Gasteiger partial charge >= 0.3 is 0 Å². The molecule has 1 aromatic heterocycles. The van der Waals surface area contributed by atoms with Crippen molar-refractivity contribution in [2.45, 2.75) is 57.0 Å². The highest BCUT2D eigenvalue weighted by Gasteiger charge is 2.28. The van der Waals surface area contributed by atoms with Crippen LogP contribution in [0.5, 0.6) is 0 Å². The third-order valence-electron chi connectivity index (χ3n) is 6.20. The highest BCUT2D eigenvalue weighted by molar-refractivity contribution is 7.90. The zero-order chi connectivity index (χ0) is 26.7. The van der Waals surface area contributed by atoms with Crippen molar-refractivity contribution in [2.75, 3.05) is 20.6 Å². The Morgan fingerprint density at radius 2 is 2.03 bits per heavy atom. The van der Waals surface area contributed by atoms with Gasteiger partial charge in [0.1, 0.15) is 5.82 Å². The number of nitrogens with zero attached hydrogens (tertiary/aromatic N) is 4. The van der Waals surface area contributed by atoms with Crippen LogP contribution in [-0.2, 0) is 39.6 Å². The second kappa shape index (κ2) is 10.9. The zero-order valence-corrected chi connectivity index (χ0v) is 22.3. The Morgan fingerprint density at radius 1 is 1.33 bits per heavy atom. The summed E-state index contributed by atoms with van der Waals surface area (Å²) in [6.45, 7) is 9.76. The summed E-state index contributed by atoms with van der Waals surface area (Å²) in [6, 6.07) is 2.79. The van der Waals surface area contributed by atoms with Crippen molar-refractivity contribution in [2.24, 2.45) is 4.99 Å². The molecule has 0 saturated carbocycles. The van der Waals surface area contributed by atoms with Gasteiger partial charge in [-0.1, -0.05) is 6.08 Å². The Bertz CT molecular complexity index is 1320. The van der Waals surface area contributed by atoms with Gasteiger partial charge in [0, 0.05) is 18.9 Å². The number of aliphatic imine (C=N–C) groups is 1. The minimum atomic E-state index is -4.19. The molecule has 0 saturated heterocycles. The van der Waals surface area contributed by atoms with Crippen molar-refractivity contribution in [3.63, 3.8) is 0 Å². The number of nitrogens with one attached hydrogen (secondary N) is 1. The van der Waals surface area contributed by atoms with Crippen molar-refractivity contribution in [3.8, 4) is 0 Å². The number of fused-ring (bicyclic) bond motifs is 1. The highest BCUT2D eigenvalue weighted by Crippen LogP contribution is 2.34. The van der Waals surface area contributed by atoms with E-state index in [4.69, 9.17) is 0 Å². The fourth-order valence-corrected chi connectivity index (χ4v) is 5.68. The van der Waals surface area contributed by atoms with Crippen LogP contribution >= 0.6 is 0 Å². The monoisotopic (exact) mass is 515 g/mol. The summed E-state index contributed by atoms with van der Waals surface area (Å²) >= 11 is 0. The lowest BCUT2D eigenvalue weighted by molar-refractivity contribution is -0.118. The Hall–Kier alpha value is -3.11. The number of aromatic nitrogens is 2. The van der Waals surface area contributed by atoms with Gasteiger partial charge < -0.3 is 4.90 Å². The predicted octanol–water partition coefficient (Wildman–Crippen LogP) is 3.47. The molecule has 1 heterocycles. The molecule has 0 radical (unpaired) electrons. The molecule has 10 heteroatoms. The number of carbonyl (C=O) groups is 1. The first-order valence-corrected chi connectivity index (χ1v) is 13.3. The fourth-order valence-electron chi connectivity index (χ4n) is 4.77. The van der Waals surface area contributed by atoms with Gasteiger partial charge in [0.2, 0.25) is 5.91 Å². The van der Waals surface area contributed by atoms with Crippen molar-refractivity contribution >= 4 is 28.2 Å². The number of halogens is 1. The molecular weight excluding hydrogens is 481 g/mol. The molecule has 0 fully saturated rings. The van der Waals surface area contributed by atoms with E-state index in [2.05, 4.69) is 21.5 Å². The van der Waals surface area contributed by atoms with E-state index in [1.165, 1.54) is 18.3 Å². The number of allylic oxidation sites excluding steroid dienone is 3. The smallest absolute Gasteiger partial charge is 0.283 e. The molecule has 36 heavy (non-hydrogen) atoms. The van der Waals surface area contributed by atoms with Gasteiger partial charge in [0.25, 0.3) is 10.0 Å². The van der Waals surface area contributed by atoms with E-state index in [0.717, 1.165) is 12.0 Å². The SMILES string of the molecule is C=N/C=C\C(=C/C)c1cc(F)c2c(c1CC(=O)NS(=O)(=O)c1ccn(C(C)(C)CN(C)C)n1)CCC2. The quantitative estimate of drug-likeness (QED) is 0.386. The van der Waals surface area contributed by atoms with Crippen LogP contribution in [0.4, 0.5) is 4.39 Å². The summed E-state index contributed by atoms with van der Waals surface area (Å²) in [5.74, 6) is -1.03. The Balaban J connectivity index is 1.90. The number of hydrogen-bond acceptors (Lipinski definition) is 6. The second-order valence-corrected chi connectivity index (χ2v) is 11.4. The van der Waals surface area contributed by atoms with E-state index in [9.17, 15) is 17.6 Å². The molecule has 3 rings (SSSR count). The lowest BCUT2D eigenvalue weighted by atomic mass is 9.90. The molecule has 194 valence electrons. The first kappa shape index (κ1) is 27.5. The molecule has 1 N–H and O–H groups in total. The first-order chi connectivity index (χ1) is 16.9. The molecule has 1 aliphatic carbocycles. The topological polar surface area (TPSA) is 96.7 Å². The number of sulfonamides is 1. The standard InChI is InChI=1S/C26H34FN5O3S/c1-7-18(11-13-28-4)21-15-23(27)20-10-8-9-19(20)22(21)16-24(33)30-36(34,35)25-12-14-32(29-25)26(2,3)17-31(5)6/h7,11-15H,4,8-10,16-17H2,1-3,5-6H3,(H,30,33)/b13-11-,18-7+. The lowest BCUT2D eigenvalue weighted by Gasteiger charge is -2.28. The lowest BCUT2D eigenvalue weighted by Crippen LogP contribution is -2.38. The molecule has 1 aliphatic rings. The van der Waals surface area contributed by atoms with E-state index in [0.29, 0.717) is 41.6 Å². The summed E-state index contributed by atoms with van der Waals surface area (Å²) in [4.78, 5) is 18.7. The average molecular weight is 516 g/mol. The highest BCUT2D eigenvalue weighted by atomic mass is 32.2. The summed E-state index contributed by atoms with van der Waals surface area (Å²) in [5.41, 5.74) is 2.73. The van der Waals surface area contributed by atoms with Gasteiger partial charge in [0.15, 0.2) is 5.03 Å². The molecule has 8 nitrogen and oxygen atoms in total. The maximum Gasteiger partial charge on any atom is 0.283 e. The number of benzene rings is 1. The molecule has 0 aliphatic heterocycles. The Labute approximate surface area is 212 Å². The van der Waals surface area contributed by atoms with Gasteiger partial charge in [-0.15, -0.1) is 0 Å². The van der Waals surface area contributed by atoms with Gasteiger partial charge in [-0.25, -0.2) is 9.11 Å². The molecule has 0 unspecified atom stereocenters. The molecule has 0 spiro atoms. The number of amides is 1. The van der Waals surface area contributed by atoms with Crippen LogP contribution in [-0.4, -0.2) is 56.4 Å². The van der Waals surface area contributed by atoms with Crippen LogP contribution in [0.2, 0.25) is 0 Å². The number of rotatable bonds is 10. The van der Waals surface area contributed by atoms with Crippen LogP contribution in [0.1, 0.15) is 49.4 Å². The van der Waals surface area contributed by atoms with E-state index in [-0.39, 0.29) is 17.3 Å². The average Bonchev–Trinajstić information content (AvgIpc) is 3.46. The zero-order valence-electron chi connectivity index (χ0n) is 21.5. The molecule has 0 atom stereocenters. The summed E-state index contributed by atoms with van der Waals surface area (Å²) < 4.78 is 44.5. The number of carbonyl (C=O) groups excluding carboxylic acids is 1. The third kappa shape index (κ3) is 5.99. The van der Waals surface area contributed by atoms with E-state index < -0.39 is 21.5 Å². The first-order valence-electron chi connectivity index (χ1n) is 11.8. The molecule has 1 amide bonds. The van der Waals surface area contributed by atoms with Gasteiger partial charge in [-0.2, -0.15) is 13.5 Å². The van der Waals surface area contributed by atoms with Crippen molar-refractivity contribution in [1.29, 1.82) is 0 Å². The third-order valence-corrected chi connectivity index (χ3v) is 7.46. The van der Waals surface area contributed by atoms with Crippen LogP contribution < -0.4 is 4.72 Å². The maximum atomic E-state index is 14.9. The minimum absolute atomic E-state index is 0.212. The number of likely N-dealkylation sites (N-methyl/N-ethyl adjacent to an activating group) is 1. The van der Waals surface area contributed by atoms with Gasteiger partial charge in [-0.05, 0) is 107 Å². The van der Waals surface area contributed by atoms with E-state index in [1.54, 1.807) is 30.0 Å². The van der Waals surface area contributed by atoms with Crippen molar-refractivity contribution in [1.82, 2.24) is 19.4 Å². The van der Waals surface area contributed by atoms with Crippen LogP contribution in [0.3, 0.4) is 0 Å². The van der Waals surface area contributed by atoms with Crippen LogP contribution in [0.25, 0.3) is 5.57 Å². The minimum Gasteiger partial charge on any atom is -0.307 e.